The van der Waals surface area contributed by atoms with Gasteiger partial charge in [0, 0.05) is 32.3 Å². The zero-order valence-corrected chi connectivity index (χ0v) is 18.5. The van der Waals surface area contributed by atoms with E-state index in [0.717, 1.165) is 42.5 Å². The van der Waals surface area contributed by atoms with Crippen LogP contribution in [0.2, 0.25) is 0 Å². The van der Waals surface area contributed by atoms with Gasteiger partial charge in [0.05, 0.1) is 18.1 Å². The highest BCUT2D eigenvalue weighted by atomic mass is 79.9. The van der Waals surface area contributed by atoms with Crippen molar-refractivity contribution in [2.45, 2.75) is 0 Å². The molecule has 0 spiro atoms. The molecule has 0 amide bonds. The van der Waals surface area contributed by atoms with Gasteiger partial charge in [0.15, 0.2) is 0 Å². The highest BCUT2D eigenvalue weighted by Crippen LogP contribution is 2.39. The van der Waals surface area contributed by atoms with Crippen LogP contribution in [0.4, 0.5) is 0 Å². The smallest absolute Gasteiger partial charge is 0.141 e. The Kier molecular flexibility index (Phi) is 4.18. The summed E-state index contributed by atoms with van der Waals surface area (Å²) in [6, 6.07) is 20.9. The quantitative estimate of drug-likeness (QED) is 0.244. The molecule has 0 bridgehead atoms. The molecule has 5 aromatic rings. The van der Waals surface area contributed by atoms with Crippen LogP contribution in [0, 0.1) is 0 Å². The molecule has 0 atom stereocenters. The summed E-state index contributed by atoms with van der Waals surface area (Å²) in [5.74, 6) is 1.74. The number of nitrogens with zero attached hydrogens (tertiary/aromatic N) is 2. The van der Waals surface area contributed by atoms with Crippen molar-refractivity contribution < 1.29 is 4.74 Å². The highest BCUT2D eigenvalue weighted by Gasteiger charge is 2.17. The van der Waals surface area contributed by atoms with Gasteiger partial charge in [-0.3, -0.25) is 0 Å². The minimum Gasteiger partial charge on any atom is -0.497 e. The van der Waals surface area contributed by atoms with Crippen molar-refractivity contribution in [3.63, 3.8) is 0 Å². The summed E-state index contributed by atoms with van der Waals surface area (Å²) < 4.78 is 9.70. The molecule has 0 radical (unpaired) electrons. The first-order valence-corrected chi connectivity index (χ1v) is 10.5. The first-order chi connectivity index (χ1) is 13.6. The third-order valence-corrected chi connectivity index (χ3v) is 6.17. The van der Waals surface area contributed by atoms with Gasteiger partial charge in [-0.25, -0.2) is 4.98 Å². The minimum absolute atomic E-state index is 0.824. The van der Waals surface area contributed by atoms with Crippen LogP contribution in [0.1, 0.15) is 0 Å². The van der Waals surface area contributed by atoms with E-state index in [4.69, 9.17) is 9.72 Å². The van der Waals surface area contributed by atoms with Crippen molar-refractivity contribution in [2.75, 3.05) is 7.11 Å². The molecule has 0 aliphatic heterocycles. The third-order valence-electron chi connectivity index (χ3n) is 5.19. The van der Waals surface area contributed by atoms with Gasteiger partial charge in [0.1, 0.15) is 11.6 Å². The van der Waals surface area contributed by atoms with Gasteiger partial charge in [0.25, 0.3) is 0 Å². The number of halogens is 2. The van der Waals surface area contributed by atoms with E-state index >= 15 is 0 Å². The Balaban J connectivity index is 1.98. The van der Waals surface area contributed by atoms with Gasteiger partial charge >= 0.3 is 0 Å². The molecule has 1 aromatic heterocycles. The van der Waals surface area contributed by atoms with Crippen LogP contribution in [-0.2, 0) is 7.05 Å². The van der Waals surface area contributed by atoms with Crippen LogP contribution in [0.25, 0.3) is 44.0 Å². The number of ether oxygens (including phenoxy) is 1. The molecule has 0 saturated carbocycles. The summed E-state index contributed by atoms with van der Waals surface area (Å²) in [7, 11) is 3.76. The van der Waals surface area contributed by atoms with Crippen molar-refractivity contribution in [3.8, 4) is 17.1 Å². The van der Waals surface area contributed by atoms with Crippen molar-refractivity contribution >= 4 is 64.4 Å². The number of aromatic nitrogens is 2. The van der Waals surface area contributed by atoms with Crippen molar-refractivity contribution in [1.29, 1.82) is 0 Å². The van der Waals surface area contributed by atoms with E-state index in [1.807, 2.05) is 18.2 Å². The molecule has 0 N–H and O–H groups in total. The number of hydrogen-bond acceptors (Lipinski definition) is 2. The number of fused-ring (bicyclic) bond motifs is 6. The molecular formula is C23H16Br2N2O. The van der Waals surface area contributed by atoms with E-state index in [-0.39, 0.29) is 0 Å². The molecule has 0 aliphatic carbocycles. The first kappa shape index (κ1) is 17.7. The fourth-order valence-corrected chi connectivity index (χ4v) is 4.63. The molecule has 28 heavy (non-hydrogen) atoms. The lowest BCUT2D eigenvalue weighted by Gasteiger charge is -2.09. The fourth-order valence-electron chi connectivity index (χ4n) is 3.91. The van der Waals surface area contributed by atoms with Crippen LogP contribution in [0.15, 0.2) is 69.6 Å². The Morgan fingerprint density at radius 2 is 1.50 bits per heavy atom. The molecule has 5 rings (SSSR count). The van der Waals surface area contributed by atoms with Crippen LogP contribution < -0.4 is 4.74 Å². The van der Waals surface area contributed by atoms with Crippen molar-refractivity contribution in [2.24, 2.45) is 7.05 Å². The number of hydrogen-bond donors (Lipinski definition) is 0. The minimum atomic E-state index is 0.824. The molecule has 0 unspecified atom stereocenters. The van der Waals surface area contributed by atoms with E-state index in [1.54, 1.807) is 7.11 Å². The van der Waals surface area contributed by atoms with Crippen LogP contribution in [0.3, 0.4) is 0 Å². The van der Waals surface area contributed by atoms with Gasteiger partial charge in [-0.2, -0.15) is 0 Å². The lowest BCUT2D eigenvalue weighted by molar-refractivity contribution is 0.415. The average molecular weight is 496 g/mol. The number of benzene rings is 4. The van der Waals surface area contributed by atoms with Crippen LogP contribution in [-0.4, -0.2) is 16.7 Å². The zero-order chi connectivity index (χ0) is 19.4. The number of imidazole rings is 1. The highest BCUT2D eigenvalue weighted by molar-refractivity contribution is 9.10. The van der Waals surface area contributed by atoms with E-state index in [0.29, 0.717) is 0 Å². The van der Waals surface area contributed by atoms with Gasteiger partial charge in [-0.05, 0) is 47.2 Å². The Morgan fingerprint density at radius 3 is 2.21 bits per heavy atom. The zero-order valence-electron chi connectivity index (χ0n) is 15.3. The molecule has 3 nitrogen and oxygen atoms in total. The second kappa shape index (κ2) is 6.61. The van der Waals surface area contributed by atoms with Gasteiger partial charge < -0.3 is 9.30 Å². The van der Waals surface area contributed by atoms with E-state index < -0.39 is 0 Å². The predicted molar refractivity (Wildman–Crippen MR) is 123 cm³/mol. The van der Waals surface area contributed by atoms with Gasteiger partial charge in [-0.1, -0.05) is 56.1 Å². The molecule has 138 valence electrons. The molecule has 1 heterocycles. The maximum atomic E-state index is 5.41. The van der Waals surface area contributed by atoms with E-state index in [1.165, 1.54) is 16.2 Å². The maximum absolute atomic E-state index is 5.41. The molecular weight excluding hydrogens is 480 g/mol. The maximum Gasteiger partial charge on any atom is 0.141 e. The topological polar surface area (TPSA) is 27.1 Å². The monoisotopic (exact) mass is 494 g/mol. The van der Waals surface area contributed by atoms with E-state index in [9.17, 15) is 0 Å². The second-order valence-corrected chi connectivity index (χ2v) is 8.63. The summed E-state index contributed by atoms with van der Waals surface area (Å²) in [5, 5.41) is 4.75. The number of methoxy groups -OCH3 is 1. The van der Waals surface area contributed by atoms with Crippen LogP contribution >= 0.6 is 31.9 Å². The van der Waals surface area contributed by atoms with Crippen molar-refractivity contribution in [3.05, 3.63) is 69.6 Å². The third kappa shape index (κ3) is 2.65. The van der Waals surface area contributed by atoms with E-state index in [2.05, 4.69) is 85.9 Å². The average Bonchev–Trinajstić information content (AvgIpc) is 3.06. The normalized spacial score (nSPS) is 11.6. The predicted octanol–water partition coefficient (Wildman–Crippen LogP) is 7.08. The molecule has 0 aliphatic rings. The Bertz CT molecular complexity index is 1390. The Hall–Kier alpha value is -2.37. The summed E-state index contributed by atoms with van der Waals surface area (Å²) in [6.45, 7) is 0. The fraction of sp³-hybridized carbons (Fsp3) is 0.0870. The van der Waals surface area contributed by atoms with Crippen LogP contribution in [0.5, 0.6) is 5.75 Å². The lowest BCUT2D eigenvalue weighted by atomic mass is 10.00. The standard InChI is InChI=1S/C23H16Br2N2O/c1-27-22-20-12-15(25)7-9-18(20)17-8-6-14(24)11-19(17)21(22)26-23(27)13-4-3-5-16(10-13)28-2/h3-12H,1-2H3. The summed E-state index contributed by atoms with van der Waals surface area (Å²) in [4.78, 5) is 5.08. The molecule has 0 saturated heterocycles. The summed E-state index contributed by atoms with van der Waals surface area (Å²) >= 11 is 7.26. The molecule has 0 fully saturated rings. The summed E-state index contributed by atoms with van der Waals surface area (Å²) in [6.07, 6.45) is 0. The molecule has 4 aromatic carbocycles. The summed E-state index contributed by atoms with van der Waals surface area (Å²) in [5.41, 5.74) is 3.16. The van der Waals surface area contributed by atoms with Gasteiger partial charge in [-0.15, -0.1) is 0 Å². The van der Waals surface area contributed by atoms with Crippen molar-refractivity contribution in [1.82, 2.24) is 9.55 Å². The van der Waals surface area contributed by atoms with Gasteiger partial charge in [0.2, 0.25) is 0 Å². The lowest BCUT2D eigenvalue weighted by Crippen LogP contribution is -1.94. The molecule has 5 heteroatoms. The SMILES string of the molecule is COc1cccc(-c2nc3c4cc(Br)ccc4c4ccc(Br)cc4c3n2C)c1. The number of rotatable bonds is 2. The second-order valence-electron chi connectivity index (χ2n) is 6.80. The first-order valence-electron chi connectivity index (χ1n) is 8.88. The largest absolute Gasteiger partial charge is 0.497 e. The Labute approximate surface area is 179 Å². The number of aryl methyl sites for hydroxylation is 1. The Morgan fingerprint density at radius 1 is 0.821 bits per heavy atom.